The van der Waals surface area contributed by atoms with Gasteiger partial charge in [-0.3, -0.25) is 4.79 Å². The first-order valence-electron chi connectivity index (χ1n) is 1.52. The third kappa shape index (κ3) is 3.23. The van der Waals surface area contributed by atoms with Crippen LogP contribution in [0, 0.1) is 0 Å². The molecule has 0 bridgehead atoms. The molecule has 0 aliphatic heterocycles. The maximum Gasteiger partial charge on any atom is 0.414 e. The predicted octanol–water partition coefficient (Wildman–Crippen LogP) is 0.165. The number of hydrogen-bond donors (Lipinski definition) is 1. The van der Waals surface area contributed by atoms with Gasteiger partial charge in [-0.1, -0.05) is 0 Å². The molecule has 0 radical (unpaired) electrons. The quantitative estimate of drug-likeness (QED) is 0.504. The standard InChI is InChI=1S/C3H3FO3.H3N/c1-2(5)3(6)7-4;/h1H3;1H3. The van der Waals surface area contributed by atoms with E-state index >= 15 is 0 Å². The monoisotopic (exact) mass is 123 g/mol. The fourth-order valence-electron chi connectivity index (χ4n) is 0.0543. The summed E-state index contributed by atoms with van der Waals surface area (Å²) in [4.78, 5) is 21.7. The summed E-state index contributed by atoms with van der Waals surface area (Å²) in [6.45, 7) is 0.919. The number of carbonyl (C=O) groups is 2. The Kier molecular flexibility index (Phi) is 5.30. The molecule has 48 valence electrons. The highest BCUT2D eigenvalue weighted by Crippen LogP contribution is 1.77. The van der Waals surface area contributed by atoms with Crippen molar-refractivity contribution in [2.45, 2.75) is 6.92 Å². The Morgan fingerprint density at radius 2 is 1.88 bits per heavy atom. The van der Waals surface area contributed by atoms with Gasteiger partial charge in [-0.15, -0.1) is 0 Å². The van der Waals surface area contributed by atoms with Gasteiger partial charge in [0.2, 0.25) is 5.78 Å². The highest BCUT2D eigenvalue weighted by atomic mass is 19.3. The Balaban J connectivity index is 0. The van der Waals surface area contributed by atoms with Crippen LogP contribution in [-0.2, 0) is 14.5 Å². The number of Topliss-reactive ketones (excluding diaryl/α,β-unsaturated/α-hetero) is 1. The number of halogens is 1. The zero-order chi connectivity index (χ0) is 5.86. The zero-order valence-corrected chi connectivity index (χ0v) is 4.31. The summed E-state index contributed by atoms with van der Waals surface area (Å²) >= 11 is 0. The van der Waals surface area contributed by atoms with Crippen LogP contribution in [0.5, 0.6) is 0 Å². The molecule has 0 aromatic rings. The molecule has 0 aromatic heterocycles. The molecular weight excluding hydrogens is 117 g/mol. The van der Waals surface area contributed by atoms with Crippen LogP contribution in [0.15, 0.2) is 0 Å². The molecule has 0 unspecified atom stereocenters. The Morgan fingerprint density at radius 3 is 1.88 bits per heavy atom. The van der Waals surface area contributed by atoms with Crippen molar-refractivity contribution in [2.24, 2.45) is 0 Å². The lowest BCUT2D eigenvalue weighted by Crippen LogP contribution is -2.08. The second-order valence-electron chi connectivity index (χ2n) is 0.921. The molecule has 0 heterocycles. The van der Waals surface area contributed by atoms with E-state index in [-0.39, 0.29) is 6.15 Å². The third-order valence-corrected chi connectivity index (χ3v) is 0.358. The maximum atomic E-state index is 10.6. The highest BCUT2D eigenvalue weighted by Gasteiger charge is 2.07. The smallest absolute Gasteiger partial charge is 0.344 e. The van der Waals surface area contributed by atoms with Gasteiger partial charge in [0, 0.05) is 11.4 Å². The van der Waals surface area contributed by atoms with E-state index in [1.165, 1.54) is 0 Å². The fourth-order valence-corrected chi connectivity index (χ4v) is 0.0543. The van der Waals surface area contributed by atoms with Gasteiger partial charge in [-0.05, 0) is 0 Å². The van der Waals surface area contributed by atoms with Crippen molar-refractivity contribution in [3.63, 3.8) is 0 Å². The van der Waals surface area contributed by atoms with Gasteiger partial charge in [0.15, 0.2) is 0 Å². The van der Waals surface area contributed by atoms with Crippen molar-refractivity contribution in [2.75, 3.05) is 0 Å². The summed E-state index contributed by atoms with van der Waals surface area (Å²) in [5.74, 6) is -2.40. The lowest BCUT2D eigenvalue weighted by atomic mass is 10.5. The van der Waals surface area contributed by atoms with Crippen LogP contribution in [-0.4, -0.2) is 11.8 Å². The molecule has 0 saturated heterocycles. The predicted molar refractivity (Wildman–Crippen MR) is 22.9 cm³/mol. The molecule has 0 spiro atoms. The molecule has 8 heavy (non-hydrogen) atoms. The summed E-state index contributed by atoms with van der Waals surface area (Å²) in [5.41, 5.74) is 0. The van der Waals surface area contributed by atoms with Crippen LogP contribution >= 0.6 is 0 Å². The van der Waals surface area contributed by atoms with E-state index < -0.39 is 11.8 Å². The topological polar surface area (TPSA) is 78.4 Å². The third-order valence-electron chi connectivity index (χ3n) is 0.358. The second-order valence-corrected chi connectivity index (χ2v) is 0.921. The van der Waals surface area contributed by atoms with Crippen molar-refractivity contribution in [3.05, 3.63) is 0 Å². The van der Waals surface area contributed by atoms with Crippen molar-refractivity contribution >= 4 is 11.8 Å². The highest BCUT2D eigenvalue weighted by molar-refractivity contribution is 6.32. The Labute approximate surface area is 45.1 Å². The molecule has 0 atom stereocenters. The van der Waals surface area contributed by atoms with E-state index in [2.05, 4.69) is 4.94 Å². The summed E-state index contributed by atoms with van der Waals surface area (Å²) < 4.78 is 10.6. The number of rotatable bonds is 1. The van der Waals surface area contributed by atoms with Crippen LogP contribution in [0.25, 0.3) is 0 Å². The van der Waals surface area contributed by atoms with Gasteiger partial charge >= 0.3 is 5.97 Å². The van der Waals surface area contributed by atoms with Gasteiger partial charge in [0.25, 0.3) is 0 Å². The number of ketones is 1. The van der Waals surface area contributed by atoms with Gasteiger partial charge in [0.05, 0.1) is 0 Å². The minimum absolute atomic E-state index is 0. The van der Waals surface area contributed by atoms with Crippen molar-refractivity contribution in [3.8, 4) is 0 Å². The Hall–Kier alpha value is -0.970. The average molecular weight is 123 g/mol. The molecule has 0 rings (SSSR count). The molecular formula is C3H6FNO3. The largest absolute Gasteiger partial charge is 0.414 e. The summed E-state index contributed by atoms with van der Waals surface area (Å²) in [7, 11) is 0. The normalized spacial score (nSPS) is 6.75. The summed E-state index contributed by atoms with van der Waals surface area (Å²) in [5, 5.41) is 0. The lowest BCUT2D eigenvalue weighted by Gasteiger charge is -1.79. The van der Waals surface area contributed by atoms with E-state index in [9.17, 15) is 14.1 Å². The van der Waals surface area contributed by atoms with E-state index in [0.717, 1.165) is 6.92 Å². The maximum absolute atomic E-state index is 10.6. The molecule has 0 saturated carbocycles. The summed E-state index contributed by atoms with van der Waals surface area (Å²) in [6.07, 6.45) is 0. The van der Waals surface area contributed by atoms with Crippen LogP contribution < -0.4 is 6.15 Å². The second kappa shape index (κ2) is 4.20. The first-order chi connectivity index (χ1) is 3.18. The molecule has 3 N–H and O–H groups in total. The van der Waals surface area contributed by atoms with E-state index in [0.29, 0.717) is 0 Å². The van der Waals surface area contributed by atoms with Crippen LogP contribution in [0.3, 0.4) is 0 Å². The molecule has 0 aliphatic carbocycles. The number of carbonyl (C=O) groups excluding carboxylic acids is 2. The van der Waals surface area contributed by atoms with E-state index in [4.69, 9.17) is 0 Å². The lowest BCUT2D eigenvalue weighted by molar-refractivity contribution is -0.185. The van der Waals surface area contributed by atoms with Gasteiger partial charge < -0.3 is 6.15 Å². The molecule has 0 amide bonds. The van der Waals surface area contributed by atoms with Gasteiger partial charge in [-0.2, -0.15) is 0 Å². The molecule has 4 nitrogen and oxygen atoms in total. The Bertz CT molecular complexity index is 103. The fraction of sp³-hybridized carbons (Fsp3) is 0.333. The van der Waals surface area contributed by atoms with Crippen LogP contribution in [0.2, 0.25) is 0 Å². The average Bonchev–Trinajstić information content (AvgIpc) is 1.65. The molecule has 5 heteroatoms. The van der Waals surface area contributed by atoms with Gasteiger partial charge in [-0.25, -0.2) is 9.74 Å². The van der Waals surface area contributed by atoms with E-state index in [1.807, 2.05) is 0 Å². The number of hydrogen-bond acceptors (Lipinski definition) is 4. The summed E-state index contributed by atoms with van der Waals surface area (Å²) in [6, 6.07) is 0. The minimum Gasteiger partial charge on any atom is -0.344 e. The molecule has 0 fully saturated rings. The first-order valence-corrected chi connectivity index (χ1v) is 1.52. The van der Waals surface area contributed by atoms with Crippen molar-refractivity contribution in [1.29, 1.82) is 0 Å². The molecule has 0 aromatic carbocycles. The van der Waals surface area contributed by atoms with E-state index in [1.54, 1.807) is 0 Å². The molecule has 0 aliphatic rings. The van der Waals surface area contributed by atoms with Crippen LogP contribution in [0.4, 0.5) is 4.53 Å². The first kappa shape index (κ1) is 10.1. The van der Waals surface area contributed by atoms with Gasteiger partial charge in [0.1, 0.15) is 0 Å². The van der Waals surface area contributed by atoms with Crippen molar-refractivity contribution in [1.82, 2.24) is 6.15 Å². The van der Waals surface area contributed by atoms with Crippen molar-refractivity contribution < 1.29 is 19.1 Å². The Morgan fingerprint density at radius 1 is 1.50 bits per heavy atom. The SMILES string of the molecule is CC(=O)C(=O)OF.N. The zero-order valence-electron chi connectivity index (χ0n) is 4.31. The van der Waals surface area contributed by atoms with Crippen LogP contribution in [0.1, 0.15) is 6.92 Å². The minimum atomic E-state index is -1.46.